The molecular weight excluding hydrogens is 276 g/mol. The third kappa shape index (κ3) is 6.81. The highest BCUT2D eigenvalue weighted by Gasteiger charge is 2.10. The lowest BCUT2D eigenvalue weighted by Gasteiger charge is -2.20. The second kappa shape index (κ2) is 6.49. The summed E-state index contributed by atoms with van der Waals surface area (Å²) >= 11 is 0. The first-order valence-corrected chi connectivity index (χ1v) is 8.58. The van der Waals surface area contributed by atoms with E-state index in [0.717, 1.165) is 5.69 Å². The third-order valence-electron chi connectivity index (χ3n) is 2.68. The van der Waals surface area contributed by atoms with Crippen LogP contribution < -0.4 is 10.2 Å². The van der Waals surface area contributed by atoms with Crippen LogP contribution in [0.4, 0.5) is 5.82 Å². The molecule has 0 saturated heterocycles. The van der Waals surface area contributed by atoms with Crippen LogP contribution in [-0.4, -0.2) is 49.5 Å². The van der Waals surface area contributed by atoms with Crippen molar-refractivity contribution in [1.29, 1.82) is 0 Å². The Bertz CT molecular complexity index is 520. The van der Waals surface area contributed by atoms with E-state index in [9.17, 15) is 8.42 Å². The van der Waals surface area contributed by atoms with Crippen molar-refractivity contribution in [3.63, 3.8) is 0 Å². The van der Waals surface area contributed by atoms with Crippen molar-refractivity contribution in [3.05, 3.63) is 18.1 Å². The molecule has 0 spiro atoms. The largest absolute Gasteiger partial charge is 0.357 e. The van der Waals surface area contributed by atoms with Gasteiger partial charge in [0.2, 0.25) is 0 Å². The monoisotopic (exact) mass is 300 g/mol. The topological polar surface area (TPSA) is 75.2 Å². The Morgan fingerprint density at radius 2 is 1.90 bits per heavy atom. The summed E-state index contributed by atoms with van der Waals surface area (Å²) in [5, 5.41) is 3.34. The molecule has 1 aromatic rings. The number of nitrogens with zero attached hydrogens (tertiary/aromatic N) is 3. The molecule has 0 aromatic carbocycles. The zero-order valence-electron chi connectivity index (χ0n) is 12.8. The van der Waals surface area contributed by atoms with Gasteiger partial charge in [0.05, 0.1) is 23.8 Å². The van der Waals surface area contributed by atoms with Crippen molar-refractivity contribution in [1.82, 2.24) is 15.3 Å². The summed E-state index contributed by atoms with van der Waals surface area (Å²) in [5.74, 6) is 0.784. The van der Waals surface area contributed by atoms with E-state index >= 15 is 0 Å². The molecule has 0 fully saturated rings. The zero-order valence-corrected chi connectivity index (χ0v) is 13.7. The number of aromatic nitrogens is 2. The van der Waals surface area contributed by atoms with Gasteiger partial charge in [-0.3, -0.25) is 4.98 Å². The number of nitrogens with one attached hydrogen (secondary N) is 1. The van der Waals surface area contributed by atoms with Crippen LogP contribution in [0.1, 0.15) is 26.5 Å². The summed E-state index contributed by atoms with van der Waals surface area (Å²) < 4.78 is 22.3. The van der Waals surface area contributed by atoms with Crippen LogP contribution in [0.25, 0.3) is 0 Å². The van der Waals surface area contributed by atoms with Crippen molar-refractivity contribution in [2.75, 3.05) is 30.5 Å². The van der Waals surface area contributed by atoms with Crippen molar-refractivity contribution in [3.8, 4) is 0 Å². The Balaban J connectivity index is 2.57. The van der Waals surface area contributed by atoms with Crippen LogP contribution in [0.2, 0.25) is 0 Å². The molecule has 1 aromatic heterocycles. The highest BCUT2D eigenvalue weighted by Crippen LogP contribution is 2.08. The Kier molecular flexibility index (Phi) is 5.47. The second-order valence-corrected chi connectivity index (χ2v) is 8.28. The van der Waals surface area contributed by atoms with Crippen molar-refractivity contribution < 1.29 is 8.42 Å². The number of rotatable bonds is 6. The maximum atomic E-state index is 11.1. The smallest absolute Gasteiger partial charge is 0.149 e. The minimum atomic E-state index is -2.96. The van der Waals surface area contributed by atoms with Gasteiger partial charge in [-0.15, -0.1) is 0 Å². The Hall–Kier alpha value is -1.21. The highest BCUT2D eigenvalue weighted by atomic mass is 32.2. The van der Waals surface area contributed by atoms with Crippen LogP contribution in [-0.2, 0) is 16.4 Å². The predicted octanol–water partition coefficient (Wildman–Crippen LogP) is 0.845. The van der Waals surface area contributed by atoms with Gasteiger partial charge in [0.1, 0.15) is 15.7 Å². The van der Waals surface area contributed by atoms with Crippen LogP contribution in [0.15, 0.2) is 12.4 Å². The molecule has 1 N–H and O–H groups in total. The van der Waals surface area contributed by atoms with E-state index in [-0.39, 0.29) is 11.3 Å². The van der Waals surface area contributed by atoms with Gasteiger partial charge < -0.3 is 10.2 Å². The van der Waals surface area contributed by atoms with Crippen LogP contribution in [0.5, 0.6) is 0 Å². The SMILES string of the molecule is CN(CCS(C)(=O)=O)c1cnc(CNC(C)(C)C)cn1. The average Bonchev–Trinajstić information content (AvgIpc) is 2.32. The van der Waals surface area contributed by atoms with E-state index in [0.29, 0.717) is 18.9 Å². The molecule has 0 aliphatic heterocycles. The molecule has 0 atom stereocenters. The van der Waals surface area contributed by atoms with Gasteiger partial charge in [0.25, 0.3) is 0 Å². The predicted molar refractivity (Wildman–Crippen MR) is 81.6 cm³/mol. The van der Waals surface area contributed by atoms with Crippen LogP contribution in [0, 0.1) is 0 Å². The summed E-state index contributed by atoms with van der Waals surface area (Å²) in [7, 11) is -1.15. The van der Waals surface area contributed by atoms with Gasteiger partial charge in [-0.1, -0.05) is 0 Å². The van der Waals surface area contributed by atoms with E-state index in [1.165, 1.54) is 6.26 Å². The molecule has 6 nitrogen and oxygen atoms in total. The summed E-state index contributed by atoms with van der Waals surface area (Å²) in [4.78, 5) is 10.4. The van der Waals surface area contributed by atoms with E-state index in [2.05, 4.69) is 36.1 Å². The molecule has 1 heterocycles. The standard InChI is InChI=1S/C13H24N4O2S/c1-13(2,3)16-9-11-8-15-12(10-14-11)17(4)6-7-20(5,18)19/h8,10,16H,6-7,9H2,1-5H3. The summed E-state index contributed by atoms with van der Waals surface area (Å²) in [6, 6.07) is 0. The van der Waals surface area contributed by atoms with Crippen LogP contribution in [0.3, 0.4) is 0 Å². The Labute approximate surface area is 121 Å². The molecule has 0 unspecified atom stereocenters. The fourth-order valence-electron chi connectivity index (χ4n) is 1.41. The van der Waals surface area contributed by atoms with E-state index in [1.54, 1.807) is 17.3 Å². The Morgan fingerprint density at radius 1 is 1.25 bits per heavy atom. The number of hydrogen-bond donors (Lipinski definition) is 1. The van der Waals surface area contributed by atoms with Crippen molar-refractivity contribution >= 4 is 15.7 Å². The number of hydrogen-bond acceptors (Lipinski definition) is 6. The first kappa shape index (κ1) is 16.8. The summed E-state index contributed by atoms with van der Waals surface area (Å²) in [6.45, 7) is 7.34. The van der Waals surface area contributed by atoms with Crippen molar-refractivity contribution in [2.45, 2.75) is 32.9 Å². The molecule has 114 valence electrons. The normalized spacial score (nSPS) is 12.4. The minimum Gasteiger partial charge on any atom is -0.357 e. The fourth-order valence-corrected chi connectivity index (χ4v) is 2.01. The van der Waals surface area contributed by atoms with Crippen LogP contribution >= 0.6 is 0 Å². The number of anilines is 1. The summed E-state index contributed by atoms with van der Waals surface area (Å²) in [6.07, 6.45) is 4.61. The van der Waals surface area contributed by atoms with Gasteiger partial charge in [0, 0.05) is 31.9 Å². The average molecular weight is 300 g/mol. The quantitative estimate of drug-likeness (QED) is 0.839. The molecule has 20 heavy (non-hydrogen) atoms. The van der Waals surface area contributed by atoms with Gasteiger partial charge in [0.15, 0.2) is 0 Å². The molecule has 0 saturated carbocycles. The fraction of sp³-hybridized carbons (Fsp3) is 0.692. The second-order valence-electron chi connectivity index (χ2n) is 6.02. The molecule has 0 aliphatic rings. The first-order chi connectivity index (χ1) is 9.07. The Morgan fingerprint density at radius 3 is 2.35 bits per heavy atom. The molecule has 0 bridgehead atoms. The minimum absolute atomic E-state index is 0.0344. The van der Waals surface area contributed by atoms with E-state index in [1.807, 2.05) is 7.05 Å². The molecule has 1 rings (SSSR count). The molecular formula is C13H24N4O2S. The third-order valence-corrected chi connectivity index (χ3v) is 3.60. The number of sulfone groups is 1. The maximum absolute atomic E-state index is 11.1. The van der Waals surface area contributed by atoms with Crippen molar-refractivity contribution in [2.24, 2.45) is 0 Å². The van der Waals surface area contributed by atoms with Gasteiger partial charge in [-0.2, -0.15) is 0 Å². The molecule has 0 radical (unpaired) electrons. The zero-order chi connectivity index (χ0) is 15.4. The lowest BCUT2D eigenvalue weighted by Crippen LogP contribution is -2.35. The van der Waals surface area contributed by atoms with E-state index in [4.69, 9.17) is 0 Å². The lowest BCUT2D eigenvalue weighted by molar-refractivity contribution is 0.421. The highest BCUT2D eigenvalue weighted by molar-refractivity contribution is 7.90. The summed E-state index contributed by atoms with van der Waals surface area (Å²) in [5.41, 5.74) is 0.896. The molecule has 0 amide bonds. The van der Waals surface area contributed by atoms with Gasteiger partial charge >= 0.3 is 0 Å². The maximum Gasteiger partial charge on any atom is 0.149 e. The first-order valence-electron chi connectivity index (χ1n) is 6.52. The van der Waals surface area contributed by atoms with Gasteiger partial charge in [-0.05, 0) is 20.8 Å². The molecule has 0 aliphatic carbocycles. The lowest BCUT2D eigenvalue weighted by atomic mass is 10.1. The van der Waals surface area contributed by atoms with Gasteiger partial charge in [-0.25, -0.2) is 13.4 Å². The van der Waals surface area contributed by atoms with E-state index < -0.39 is 9.84 Å². The molecule has 7 heteroatoms.